The Kier molecular flexibility index (Phi) is 5.04. The molecule has 32 heavy (non-hydrogen) atoms. The third-order valence-electron chi connectivity index (χ3n) is 4.83. The summed E-state index contributed by atoms with van der Waals surface area (Å²) in [5.41, 5.74) is 5.98. The van der Waals surface area contributed by atoms with Crippen molar-refractivity contribution in [1.29, 1.82) is 5.26 Å². The van der Waals surface area contributed by atoms with E-state index in [0.29, 0.717) is 28.5 Å². The van der Waals surface area contributed by atoms with Gasteiger partial charge in [-0.2, -0.15) is 10.4 Å². The highest BCUT2D eigenvalue weighted by atomic mass is 15.1. The molecule has 0 radical (unpaired) electrons. The highest BCUT2D eigenvalue weighted by molar-refractivity contribution is 5.97. The zero-order valence-corrected chi connectivity index (χ0v) is 16.7. The molecule has 0 spiro atoms. The van der Waals surface area contributed by atoms with Gasteiger partial charge in [-0.1, -0.05) is 6.07 Å². The molecular formula is C24H14N8. The van der Waals surface area contributed by atoms with Crippen molar-refractivity contribution < 1.29 is 0 Å². The molecule has 0 aliphatic carbocycles. The lowest BCUT2D eigenvalue weighted by Crippen LogP contribution is -2.03. The van der Waals surface area contributed by atoms with Crippen molar-refractivity contribution in [1.82, 2.24) is 35.3 Å². The van der Waals surface area contributed by atoms with Gasteiger partial charge in [-0.15, -0.1) is 15.3 Å². The molecule has 0 saturated carbocycles. The fourth-order valence-corrected chi connectivity index (χ4v) is 3.41. The Labute approximate surface area is 183 Å². The molecule has 0 unspecified atom stereocenters. The Hall–Kier alpha value is -4.90. The van der Waals surface area contributed by atoms with Gasteiger partial charge in [0.25, 0.3) is 0 Å². The predicted octanol–water partition coefficient (Wildman–Crippen LogP) is 3.99. The van der Waals surface area contributed by atoms with Gasteiger partial charge in [0.05, 0.1) is 5.69 Å². The summed E-state index contributed by atoms with van der Waals surface area (Å²) in [5, 5.41) is 26.5. The van der Waals surface area contributed by atoms with Gasteiger partial charge in [0.1, 0.15) is 28.8 Å². The lowest BCUT2D eigenvalue weighted by molar-refractivity contribution is 0.991. The van der Waals surface area contributed by atoms with Gasteiger partial charge in [-0.05, 0) is 54.1 Å². The highest BCUT2D eigenvalue weighted by Gasteiger charge is 2.23. The number of hydrogen-bond donors (Lipinski definition) is 0. The Morgan fingerprint density at radius 3 is 2.06 bits per heavy atom. The SMILES string of the molecule is N#Cc1ccc(-c2c(-c3cccnn3)nnc(-c3ccccn3)c2-c2ccncc2)cn1. The van der Waals surface area contributed by atoms with Crippen molar-refractivity contribution >= 4 is 0 Å². The van der Waals surface area contributed by atoms with Crippen LogP contribution >= 0.6 is 0 Å². The Bertz CT molecular complexity index is 1400. The zero-order chi connectivity index (χ0) is 21.8. The van der Waals surface area contributed by atoms with Gasteiger partial charge in [0.15, 0.2) is 0 Å². The molecule has 5 rings (SSSR count). The lowest BCUT2D eigenvalue weighted by Gasteiger charge is -2.17. The van der Waals surface area contributed by atoms with Gasteiger partial charge < -0.3 is 0 Å². The summed E-state index contributed by atoms with van der Waals surface area (Å²) < 4.78 is 0. The monoisotopic (exact) mass is 414 g/mol. The standard InChI is InChI=1S/C24H14N8/c25-14-18-7-6-17(15-28-18)22-21(16-8-12-26-13-9-16)23(19-4-1-2-10-27-19)31-32-24(22)20-5-3-11-29-30-20/h1-13,15H. The van der Waals surface area contributed by atoms with E-state index in [0.717, 1.165) is 22.3 Å². The van der Waals surface area contributed by atoms with E-state index in [1.165, 1.54) is 0 Å². The van der Waals surface area contributed by atoms with Gasteiger partial charge in [-0.3, -0.25) is 9.97 Å². The van der Waals surface area contributed by atoms with Crippen LogP contribution in [0.3, 0.4) is 0 Å². The van der Waals surface area contributed by atoms with Gasteiger partial charge in [0, 0.05) is 47.7 Å². The molecule has 5 aromatic heterocycles. The van der Waals surface area contributed by atoms with Crippen LogP contribution in [0.1, 0.15) is 5.69 Å². The third kappa shape index (κ3) is 3.55. The Morgan fingerprint density at radius 2 is 1.41 bits per heavy atom. The van der Waals surface area contributed by atoms with Crippen LogP contribution in [0.15, 0.2) is 85.6 Å². The van der Waals surface area contributed by atoms with Crippen LogP contribution < -0.4 is 0 Å². The van der Waals surface area contributed by atoms with Crippen LogP contribution in [0.5, 0.6) is 0 Å². The molecule has 150 valence electrons. The Balaban J connectivity index is 1.89. The molecule has 5 aromatic rings. The molecule has 0 aliphatic heterocycles. The maximum absolute atomic E-state index is 9.19. The molecule has 0 fully saturated rings. The lowest BCUT2D eigenvalue weighted by atomic mass is 9.91. The first-order valence-corrected chi connectivity index (χ1v) is 9.72. The summed E-state index contributed by atoms with van der Waals surface area (Å²) in [5.74, 6) is 0. The number of nitrogens with zero attached hydrogens (tertiary/aromatic N) is 8. The predicted molar refractivity (Wildman–Crippen MR) is 117 cm³/mol. The van der Waals surface area contributed by atoms with E-state index >= 15 is 0 Å². The summed E-state index contributed by atoms with van der Waals surface area (Å²) in [6.45, 7) is 0. The number of hydrogen-bond acceptors (Lipinski definition) is 8. The minimum atomic E-state index is 0.326. The quantitative estimate of drug-likeness (QED) is 0.434. The summed E-state index contributed by atoms with van der Waals surface area (Å²) in [6.07, 6.45) is 8.42. The summed E-state index contributed by atoms with van der Waals surface area (Å²) in [7, 11) is 0. The second-order valence-corrected chi connectivity index (χ2v) is 6.75. The molecule has 0 atom stereocenters. The summed E-state index contributed by atoms with van der Waals surface area (Å²) in [6, 6.07) is 18.6. The maximum atomic E-state index is 9.19. The topological polar surface area (TPSA) is 114 Å². The third-order valence-corrected chi connectivity index (χ3v) is 4.83. The minimum absolute atomic E-state index is 0.326. The van der Waals surface area contributed by atoms with Crippen LogP contribution in [0.4, 0.5) is 0 Å². The van der Waals surface area contributed by atoms with Gasteiger partial charge in [-0.25, -0.2) is 4.98 Å². The fraction of sp³-hybridized carbons (Fsp3) is 0. The average Bonchev–Trinajstić information content (AvgIpc) is 2.89. The molecule has 0 saturated heterocycles. The van der Waals surface area contributed by atoms with Crippen LogP contribution in [0.25, 0.3) is 45.0 Å². The number of rotatable bonds is 4. The van der Waals surface area contributed by atoms with Crippen LogP contribution in [0.2, 0.25) is 0 Å². The highest BCUT2D eigenvalue weighted by Crippen LogP contribution is 2.41. The zero-order valence-electron chi connectivity index (χ0n) is 16.7. The van der Waals surface area contributed by atoms with Crippen molar-refractivity contribution in [3.05, 3.63) is 91.3 Å². The molecule has 8 heteroatoms. The molecular weight excluding hydrogens is 400 g/mol. The number of aromatic nitrogens is 7. The van der Waals surface area contributed by atoms with Gasteiger partial charge >= 0.3 is 0 Å². The minimum Gasteiger partial charge on any atom is -0.265 e. The first kappa shape index (κ1) is 19.1. The summed E-state index contributed by atoms with van der Waals surface area (Å²) >= 11 is 0. The van der Waals surface area contributed by atoms with Crippen LogP contribution in [-0.4, -0.2) is 35.3 Å². The second kappa shape index (κ2) is 8.45. The molecule has 0 bridgehead atoms. The largest absolute Gasteiger partial charge is 0.265 e. The second-order valence-electron chi connectivity index (χ2n) is 6.75. The molecule has 0 aromatic carbocycles. The smallest absolute Gasteiger partial charge is 0.140 e. The van der Waals surface area contributed by atoms with E-state index in [2.05, 4.69) is 41.4 Å². The van der Waals surface area contributed by atoms with Crippen molar-refractivity contribution in [3.8, 4) is 51.1 Å². The molecule has 0 amide bonds. The molecule has 5 heterocycles. The van der Waals surface area contributed by atoms with E-state index in [-0.39, 0.29) is 0 Å². The van der Waals surface area contributed by atoms with Crippen LogP contribution in [-0.2, 0) is 0 Å². The average molecular weight is 414 g/mol. The molecule has 8 nitrogen and oxygen atoms in total. The van der Waals surface area contributed by atoms with Crippen molar-refractivity contribution in [3.63, 3.8) is 0 Å². The normalized spacial score (nSPS) is 10.5. The number of nitriles is 1. The van der Waals surface area contributed by atoms with E-state index < -0.39 is 0 Å². The maximum Gasteiger partial charge on any atom is 0.140 e. The van der Waals surface area contributed by atoms with E-state index in [9.17, 15) is 5.26 Å². The van der Waals surface area contributed by atoms with Gasteiger partial charge in [0.2, 0.25) is 0 Å². The Morgan fingerprint density at radius 1 is 0.625 bits per heavy atom. The van der Waals surface area contributed by atoms with Crippen LogP contribution in [0, 0.1) is 11.3 Å². The van der Waals surface area contributed by atoms with Crippen molar-refractivity contribution in [2.45, 2.75) is 0 Å². The number of pyridine rings is 3. The summed E-state index contributed by atoms with van der Waals surface area (Å²) in [4.78, 5) is 12.9. The van der Waals surface area contributed by atoms with E-state index in [1.54, 1.807) is 43.1 Å². The fourth-order valence-electron chi connectivity index (χ4n) is 3.41. The van der Waals surface area contributed by atoms with E-state index in [1.807, 2.05) is 42.5 Å². The first-order chi connectivity index (χ1) is 15.8. The van der Waals surface area contributed by atoms with Crippen molar-refractivity contribution in [2.24, 2.45) is 0 Å². The van der Waals surface area contributed by atoms with E-state index in [4.69, 9.17) is 0 Å². The molecule has 0 aliphatic rings. The molecule has 0 N–H and O–H groups in total. The first-order valence-electron chi connectivity index (χ1n) is 9.72. The van der Waals surface area contributed by atoms with Crippen molar-refractivity contribution in [2.75, 3.05) is 0 Å².